The van der Waals surface area contributed by atoms with Crippen LogP contribution in [0.5, 0.6) is 0 Å². The van der Waals surface area contributed by atoms with E-state index in [2.05, 4.69) is 0 Å². The number of carbonyl (C=O) groups excluding carboxylic acids is 1. The number of hydrogen-bond acceptors (Lipinski definition) is 3. The molecular weight excluding hydrogens is 224 g/mol. The first-order chi connectivity index (χ1) is 8.08. The second kappa shape index (κ2) is 4.91. The van der Waals surface area contributed by atoms with Gasteiger partial charge in [-0.25, -0.2) is 4.79 Å². The summed E-state index contributed by atoms with van der Waals surface area (Å²) >= 11 is 0. The summed E-state index contributed by atoms with van der Waals surface area (Å²) in [5.74, 6) is -1.27. The maximum absolute atomic E-state index is 12.1. The number of likely N-dealkylation sites (tertiary alicyclic amines) is 2. The molecule has 96 valence electrons. The Balaban J connectivity index is 1.93. The second-order valence-corrected chi connectivity index (χ2v) is 4.79. The zero-order valence-electron chi connectivity index (χ0n) is 9.71. The van der Waals surface area contributed by atoms with Crippen molar-refractivity contribution in [1.29, 1.82) is 0 Å². The van der Waals surface area contributed by atoms with Crippen LogP contribution in [0.15, 0.2) is 0 Å². The number of hydrogen-bond donors (Lipinski definition) is 2. The Hall–Kier alpha value is -1.30. The van der Waals surface area contributed by atoms with Crippen LogP contribution in [-0.4, -0.2) is 64.3 Å². The number of piperidine rings is 1. The van der Waals surface area contributed by atoms with E-state index in [0.717, 1.165) is 6.42 Å². The highest BCUT2D eigenvalue weighted by atomic mass is 16.4. The Morgan fingerprint density at radius 2 is 1.76 bits per heavy atom. The Labute approximate surface area is 99.8 Å². The summed E-state index contributed by atoms with van der Waals surface area (Å²) < 4.78 is 0. The fourth-order valence-electron chi connectivity index (χ4n) is 2.47. The van der Waals surface area contributed by atoms with Gasteiger partial charge in [-0.15, -0.1) is 0 Å². The lowest BCUT2D eigenvalue weighted by Gasteiger charge is -2.33. The van der Waals surface area contributed by atoms with Crippen molar-refractivity contribution in [1.82, 2.24) is 9.80 Å². The molecule has 2 heterocycles. The van der Waals surface area contributed by atoms with Gasteiger partial charge in [-0.2, -0.15) is 0 Å². The minimum absolute atomic E-state index is 0.132. The topological polar surface area (TPSA) is 81.1 Å². The van der Waals surface area contributed by atoms with Crippen LogP contribution in [0.4, 0.5) is 4.79 Å². The Morgan fingerprint density at radius 1 is 1.06 bits per heavy atom. The normalized spacial score (nSPS) is 29.5. The van der Waals surface area contributed by atoms with Crippen LogP contribution in [-0.2, 0) is 4.79 Å². The van der Waals surface area contributed by atoms with Gasteiger partial charge < -0.3 is 20.0 Å². The zero-order chi connectivity index (χ0) is 12.4. The second-order valence-electron chi connectivity index (χ2n) is 4.79. The molecule has 6 nitrogen and oxygen atoms in total. The third-order valence-corrected chi connectivity index (χ3v) is 3.48. The van der Waals surface area contributed by atoms with Gasteiger partial charge in [-0.3, -0.25) is 4.79 Å². The number of aliphatic hydroxyl groups is 1. The Bertz CT molecular complexity index is 321. The third-order valence-electron chi connectivity index (χ3n) is 3.48. The summed E-state index contributed by atoms with van der Waals surface area (Å²) in [7, 11) is 0. The summed E-state index contributed by atoms with van der Waals surface area (Å²) in [5.41, 5.74) is 0. The van der Waals surface area contributed by atoms with Crippen molar-refractivity contribution in [3.05, 3.63) is 0 Å². The Morgan fingerprint density at radius 3 is 2.35 bits per heavy atom. The van der Waals surface area contributed by atoms with Gasteiger partial charge in [0, 0.05) is 26.2 Å². The lowest BCUT2D eigenvalue weighted by atomic mass is 9.99. The van der Waals surface area contributed by atoms with Gasteiger partial charge in [-0.1, -0.05) is 0 Å². The zero-order valence-corrected chi connectivity index (χ0v) is 9.71. The highest BCUT2D eigenvalue weighted by Gasteiger charge is 2.33. The Kier molecular flexibility index (Phi) is 3.51. The summed E-state index contributed by atoms with van der Waals surface area (Å²) in [4.78, 5) is 26.2. The van der Waals surface area contributed by atoms with Crippen molar-refractivity contribution in [3.8, 4) is 0 Å². The van der Waals surface area contributed by atoms with Crippen LogP contribution >= 0.6 is 0 Å². The molecule has 2 aliphatic rings. The number of carbonyl (C=O) groups is 2. The minimum Gasteiger partial charge on any atom is -0.481 e. The van der Waals surface area contributed by atoms with Gasteiger partial charge in [0.15, 0.2) is 0 Å². The van der Waals surface area contributed by atoms with Crippen molar-refractivity contribution < 1.29 is 19.8 Å². The van der Waals surface area contributed by atoms with Gasteiger partial charge in [0.25, 0.3) is 0 Å². The van der Waals surface area contributed by atoms with Crippen LogP contribution < -0.4 is 0 Å². The molecule has 0 aliphatic carbocycles. The molecule has 0 bridgehead atoms. The SMILES string of the molecule is O=C(O)[C@@H]1CCCN(C(=O)N2CCC(O)C2)C1. The fourth-order valence-corrected chi connectivity index (χ4v) is 2.47. The molecule has 2 amide bonds. The molecule has 0 spiro atoms. The van der Waals surface area contributed by atoms with E-state index in [4.69, 9.17) is 5.11 Å². The smallest absolute Gasteiger partial charge is 0.320 e. The van der Waals surface area contributed by atoms with E-state index < -0.39 is 18.0 Å². The van der Waals surface area contributed by atoms with E-state index in [9.17, 15) is 14.7 Å². The molecule has 2 N–H and O–H groups in total. The largest absolute Gasteiger partial charge is 0.481 e. The number of aliphatic hydroxyl groups excluding tert-OH is 1. The number of carboxylic acid groups (broad SMARTS) is 1. The number of amides is 2. The molecule has 2 saturated heterocycles. The standard InChI is InChI=1S/C11H18N2O4/c14-9-3-5-13(7-9)11(17)12-4-1-2-8(6-12)10(15)16/h8-9,14H,1-7H2,(H,15,16)/t8-,9?/m1/s1. The highest BCUT2D eigenvalue weighted by molar-refractivity contribution is 5.77. The molecular formula is C11H18N2O4. The third kappa shape index (κ3) is 2.69. The van der Waals surface area contributed by atoms with Crippen molar-refractivity contribution in [2.45, 2.75) is 25.4 Å². The molecule has 2 fully saturated rings. The quantitative estimate of drug-likeness (QED) is 0.676. The van der Waals surface area contributed by atoms with E-state index in [-0.39, 0.29) is 6.03 Å². The predicted molar refractivity (Wildman–Crippen MR) is 59.5 cm³/mol. The van der Waals surface area contributed by atoms with Crippen molar-refractivity contribution >= 4 is 12.0 Å². The van der Waals surface area contributed by atoms with Gasteiger partial charge in [0.2, 0.25) is 0 Å². The van der Waals surface area contributed by atoms with E-state index in [0.29, 0.717) is 39.0 Å². The summed E-state index contributed by atoms with van der Waals surface area (Å²) in [6, 6.07) is -0.132. The molecule has 2 aliphatic heterocycles. The first-order valence-corrected chi connectivity index (χ1v) is 6.02. The monoisotopic (exact) mass is 242 g/mol. The molecule has 2 atom stereocenters. The lowest BCUT2D eigenvalue weighted by molar-refractivity contribution is -0.143. The molecule has 0 aromatic heterocycles. The van der Waals surface area contributed by atoms with E-state index >= 15 is 0 Å². The molecule has 0 aromatic carbocycles. The maximum atomic E-state index is 12.1. The molecule has 1 unspecified atom stereocenters. The minimum atomic E-state index is -0.830. The maximum Gasteiger partial charge on any atom is 0.320 e. The number of β-amino-alcohol motifs (C(OH)–C–C–N with tert-alkyl or cyclic N) is 1. The van der Waals surface area contributed by atoms with Crippen LogP contribution in [0.3, 0.4) is 0 Å². The van der Waals surface area contributed by atoms with Gasteiger partial charge in [0.1, 0.15) is 0 Å². The van der Waals surface area contributed by atoms with Gasteiger partial charge in [-0.05, 0) is 19.3 Å². The fraction of sp³-hybridized carbons (Fsp3) is 0.818. The van der Waals surface area contributed by atoms with Crippen molar-refractivity contribution in [3.63, 3.8) is 0 Å². The van der Waals surface area contributed by atoms with Gasteiger partial charge in [0.05, 0.1) is 12.0 Å². The summed E-state index contributed by atoms with van der Waals surface area (Å²) in [5, 5.41) is 18.3. The van der Waals surface area contributed by atoms with Crippen LogP contribution in [0.1, 0.15) is 19.3 Å². The molecule has 17 heavy (non-hydrogen) atoms. The molecule has 6 heteroatoms. The number of urea groups is 1. The summed E-state index contributed by atoms with van der Waals surface area (Å²) in [6.07, 6.45) is 1.56. The molecule has 0 radical (unpaired) electrons. The lowest BCUT2D eigenvalue weighted by Crippen LogP contribution is -2.48. The number of aliphatic carboxylic acids is 1. The molecule has 2 rings (SSSR count). The van der Waals surface area contributed by atoms with E-state index in [1.165, 1.54) is 0 Å². The predicted octanol–water partition coefficient (Wildman–Crippen LogP) is -0.0304. The van der Waals surface area contributed by atoms with Crippen LogP contribution in [0.2, 0.25) is 0 Å². The summed E-state index contributed by atoms with van der Waals surface area (Å²) in [6.45, 7) is 1.84. The van der Waals surface area contributed by atoms with E-state index in [1.54, 1.807) is 9.80 Å². The average Bonchev–Trinajstić information content (AvgIpc) is 2.75. The molecule has 0 aromatic rings. The van der Waals surface area contributed by atoms with Crippen LogP contribution in [0.25, 0.3) is 0 Å². The van der Waals surface area contributed by atoms with Crippen molar-refractivity contribution in [2.24, 2.45) is 5.92 Å². The van der Waals surface area contributed by atoms with Crippen LogP contribution in [0, 0.1) is 5.92 Å². The van der Waals surface area contributed by atoms with E-state index in [1.807, 2.05) is 0 Å². The van der Waals surface area contributed by atoms with Gasteiger partial charge >= 0.3 is 12.0 Å². The number of carboxylic acids is 1. The first kappa shape index (κ1) is 12.2. The highest BCUT2D eigenvalue weighted by Crippen LogP contribution is 2.19. The number of rotatable bonds is 1. The number of nitrogens with zero attached hydrogens (tertiary/aromatic N) is 2. The molecule has 0 saturated carbocycles. The average molecular weight is 242 g/mol. The van der Waals surface area contributed by atoms with Crippen molar-refractivity contribution in [2.75, 3.05) is 26.2 Å². The first-order valence-electron chi connectivity index (χ1n) is 6.02.